The van der Waals surface area contributed by atoms with Crippen LogP contribution in [0, 0.1) is 5.92 Å². The average molecular weight is 240 g/mol. The van der Waals surface area contributed by atoms with E-state index >= 15 is 0 Å². The SMILES string of the molecule is C=C(C(=O)O)C(CCC=CC(=O)O)CC1CO1. The summed E-state index contributed by atoms with van der Waals surface area (Å²) in [5.41, 5.74) is 0.171. The summed E-state index contributed by atoms with van der Waals surface area (Å²) in [4.78, 5) is 21.1. The van der Waals surface area contributed by atoms with Gasteiger partial charge in [-0.3, -0.25) is 0 Å². The number of hydrogen-bond acceptors (Lipinski definition) is 3. The van der Waals surface area contributed by atoms with Crippen molar-refractivity contribution >= 4 is 11.9 Å². The lowest BCUT2D eigenvalue weighted by molar-refractivity contribution is -0.133. The molecule has 0 aromatic carbocycles. The molecule has 1 aliphatic heterocycles. The van der Waals surface area contributed by atoms with Crippen LogP contribution in [-0.2, 0) is 14.3 Å². The Hall–Kier alpha value is -1.62. The molecular formula is C12H16O5. The number of rotatable bonds is 8. The molecule has 0 saturated carbocycles. The van der Waals surface area contributed by atoms with Crippen LogP contribution in [0.1, 0.15) is 19.3 Å². The third-order valence-electron chi connectivity index (χ3n) is 2.66. The lowest BCUT2D eigenvalue weighted by atomic mass is 9.90. The first-order chi connectivity index (χ1) is 8.00. The highest BCUT2D eigenvalue weighted by atomic mass is 16.6. The summed E-state index contributed by atoms with van der Waals surface area (Å²) in [6, 6.07) is 0. The first kappa shape index (κ1) is 13.4. The lowest BCUT2D eigenvalue weighted by Crippen LogP contribution is -2.14. The van der Waals surface area contributed by atoms with Crippen molar-refractivity contribution in [3.05, 3.63) is 24.3 Å². The van der Waals surface area contributed by atoms with Gasteiger partial charge in [-0.25, -0.2) is 9.59 Å². The first-order valence-corrected chi connectivity index (χ1v) is 5.44. The minimum atomic E-state index is -1.00. The van der Waals surface area contributed by atoms with Crippen molar-refractivity contribution < 1.29 is 24.5 Å². The molecule has 5 nitrogen and oxygen atoms in total. The fraction of sp³-hybridized carbons (Fsp3) is 0.500. The van der Waals surface area contributed by atoms with Crippen LogP contribution in [0.4, 0.5) is 0 Å². The summed E-state index contributed by atoms with van der Waals surface area (Å²) in [6.45, 7) is 4.23. The summed E-state index contributed by atoms with van der Waals surface area (Å²) in [5, 5.41) is 17.3. The number of epoxide rings is 1. The highest BCUT2D eigenvalue weighted by Gasteiger charge is 2.29. The van der Waals surface area contributed by atoms with Gasteiger partial charge in [0.15, 0.2) is 0 Å². The van der Waals surface area contributed by atoms with Crippen molar-refractivity contribution in [3.63, 3.8) is 0 Å². The Labute approximate surface area is 99.4 Å². The van der Waals surface area contributed by atoms with Gasteiger partial charge in [-0.1, -0.05) is 12.7 Å². The molecule has 1 aliphatic rings. The molecule has 5 heteroatoms. The Morgan fingerprint density at radius 1 is 1.47 bits per heavy atom. The number of allylic oxidation sites excluding steroid dienone is 1. The van der Waals surface area contributed by atoms with Crippen molar-refractivity contribution in [1.29, 1.82) is 0 Å². The molecule has 17 heavy (non-hydrogen) atoms. The summed E-state index contributed by atoms with van der Waals surface area (Å²) >= 11 is 0. The molecule has 1 saturated heterocycles. The topological polar surface area (TPSA) is 87.1 Å². The van der Waals surface area contributed by atoms with E-state index in [1.165, 1.54) is 6.08 Å². The van der Waals surface area contributed by atoms with Crippen molar-refractivity contribution in [3.8, 4) is 0 Å². The van der Waals surface area contributed by atoms with Gasteiger partial charge in [-0.2, -0.15) is 0 Å². The molecule has 94 valence electrons. The van der Waals surface area contributed by atoms with Gasteiger partial charge in [0.25, 0.3) is 0 Å². The van der Waals surface area contributed by atoms with Crippen LogP contribution in [0.5, 0.6) is 0 Å². The third kappa shape index (κ3) is 5.31. The number of carboxylic acid groups (broad SMARTS) is 2. The third-order valence-corrected chi connectivity index (χ3v) is 2.66. The molecule has 0 aliphatic carbocycles. The smallest absolute Gasteiger partial charge is 0.331 e. The van der Waals surface area contributed by atoms with E-state index in [1.807, 2.05) is 0 Å². The lowest BCUT2D eigenvalue weighted by Gasteiger charge is -2.14. The first-order valence-electron chi connectivity index (χ1n) is 5.44. The van der Waals surface area contributed by atoms with E-state index in [-0.39, 0.29) is 17.6 Å². The molecule has 0 aromatic rings. The monoisotopic (exact) mass is 240 g/mol. The van der Waals surface area contributed by atoms with Crippen LogP contribution in [0.2, 0.25) is 0 Å². The largest absolute Gasteiger partial charge is 0.478 e. The minimum Gasteiger partial charge on any atom is -0.478 e. The molecule has 0 bridgehead atoms. The molecule has 1 rings (SSSR count). The Morgan fingerprint density at radius 3 is 2.59 bits per heavy atom. The second-order valence-corrected chi connectivity index (χ2v) is 4.04. The predicted molar refractivity (Wildman–Crippen MR) is 60.6 cm³/mol. The summed E-state index contributed by atoms with van der Waals surface area (Å²) < 4.78 is 5.07. The van der Waals surface area contributed by atoms with Crippen molar-refractivity contribution in [1.82, 2.24) is 0 Å². The van der Waals surface area contributed by atoms with E-state index < -0.39 is 11.9 Å². The number of carboxylic acids is 2. The summed E-state index contributed by atoms with van der Waals surface area (Å²) in [5.74, 6) is -2.15. The molecule has 2 unspecified atom stereocenters. The normalized spacial score (nSPS) is 20.1. The molecule has 0 spiro atoms. The van der Waals surface area contributed by atoms with Crippen LogP contribution >= 0.6 is 0 Å². The standard InChI is InChI=1S/C12H16O5/c1-8(12(15)16)9(6-10-7-17-10)4-2-3-5-11(13)14/h3,5,9-10H,1-2,4,6-7H2,(H,13,14)(H,15,16). The zero-order valence-corrected chi connectivity index (χ0v) is 9.46. The van der Waals surface area contributed by atoms with Gasteiger partial charge in [0.1, 0.15) is 0 Å². The van der Waals surface area contributed by atoms with Gasteiger partial charge in [-0.15, -0.1) is 0 Å². The van der Waals surface area contributed by atoms with Gasteiger partial charge < -0.3 is 14.9 Å². The number of ether oxygens (including phenoxy) is 1. The molecule has 1 fully saturated rings. The molecule has 2 atom stereocenters. The van der Waals surface area contributed by atoms with Crippen LogP contribution in [-0.4, -0.2) is 34.9 Å². The van der Waals surface area contributed by atoms with Gasteiger partial charge in [-0.05, 0) is 25.2 Å². The van der Waals surface area contributed by atoms with E-state index in [1.54, 1.807) is 0 Å². The Balaban J connectivity index is 2.42. The Morgan fingerprint density at radius 2 is 2.12 bits per heavy atom. The van der Waals surface area contributed by atoms with E-state index in [4.69, 9.17) is 14.9 Å². The fourth-order valence-electron chi connectivity index (χ4n) is 1.61. The van der Waals surface area contributed by atoms with Crippen molar-refractivity contribution in [2.24, 2.45) is 5.92 Å². The maximum Gasteiger partial charge on any atom is 0.331 e. The predicted octanol–water partition coefficient (Wildman–Crippen LogP) is 1.45. The zero-order chi connectivity index (χ0) is 12.8. The second kappa shape index (κ2) is 6.20. The zero-order valence-electron chi connectivity index (χ0n) is 9.46. The van der Waals surface area contributed by atoms with E-state index in [2.05, 4.69) is 6.58 Å². The molecule has 0 amide bonds. The molecule has 0 aromatic heterocycles. The van der Waals surface area contributed by atoms with Crippen LogP contribution in [0.3, 0.4) is 0 Å². The second-order valence-electron chi connectivity index (χ2n) is 4.04. The van der Waals surface area contributed by atoms with E-state index in [0.717, 1.165) is 6.08 Å². The molecular weight excluding hydrogens is 224 g/mol. The van der Waals surface area contributed by atoms with Crippen molar-refractivity contribution in [2.75, 3.05) is 6.61 Å². The quantitative estimate of drug-likeness (QED) is 0.495. The Bertz CT molecular complexity index is 341. The summed E-state index contributed by atoms with van der Waals surface area (Å²) in [6.07, 6.45) is 4.48. The molecule has 0 radical (unpaired) electrons. The van der Waals surface area contributed by atoms with Gasteiger partial charge in [0.05, 0.1) is 12.7 Å². The maximum absolute atomic E-state index is 10.8. The molecule has 1 heterocycles. The molecule has 2 N–H and O–H groups in total. The van der Waals surface area contributed by atoms with E-state index in [9.17, 15) is 9.59 Å². The van der Waals surface area contributed by atoms with Crippen LogP contribution < -0.4 is 0 Å². The summed E-state index contributed by atoms with van der Waals surface area (Å²) in [7, 11) is 0. The van der Waals surface area contributed by atoms with E-state index in [0.29, 0.717) is 25.9 Å². The van der Waals surface area contributed by atoms with Crippen molar-refractivity contribution in [2.45, 2.75) is 25.4 Å². The highest BCUT2D eigenvalue weighted by Crippen LogP contribution is 2.27. The number of carbonyl (C=O) groups is 2. The maximum atomic E-state index is 10.8. The van der Waals surface area contributed by atoms with Crippen LogP contribution in [0.15, 0.2) is 24.3 Å². The highest BCUT2D eigenvalue weighted by molar-refractivity contribution is 5.86. The van der Waals surface area contributed by atoms with Gasteiger partial charge in [0.2, 0.25) is 0 Å². The number of aliphatic carboxylic acids is 2. The van der Waals surface area contributed by atoms with Gasteiger partial charge in [0, 0.05) is 11.6 Å². The number of hydrogen-bond donors (Lipinski definition) is 2. The Kier molecular flexibility index (Phi) is 4.90. The average Bonchev–Trinajstić information content (AvgIpc) is 3.04. The fourth-order valence-corrected chi connectivity index (χ4v) is 1.61. The minimum absolute atomic E-state index is 0.138. The van der Waals surface area contributed by atoms with Gasteiger partial charge >= 0.3 is 11.9 Å². The van der Waals surface area contributed by atoms with Crippen LogP contribution in [0.25, 0.3) is 0 Å².